The van der Waals surface area contributed by atoms with Gasteiger partial charge in [0.1, 0.15) is 11.1 Å². The van der Waals surface area contributed by atoms with Gasteiger partial charge in [-0.05, 0) is 60.5 Å². The SMILES string of the molecule is CCN(Cc1ccc(Br)s1)C(=O)CSc1nc(C)cc(C)c1C#N. The standard InChI is InChI=1S/C17H18BrN3OS2/c1-4-21(9-13-5-6-15(18)24-13)16(22)10-23-17-14(8-19)11(2)7-12(3)20-17/h5-7H,4,9-10H2,1-3H3. The normalized spacial score (nSPS) is 10.5. The molecule has 0 saturated carbocycles. The second-order valence-corrected chi connectivity index (χ2v) is 8.79. The summed E-state index contributed by atoms with van der Waals surface area (Å²) in [5, 5.41) is 9.94. The van der Waals surface area contributed by atoms with Gasteiger partial charge in [0.2, 0.25) is 5.91 Å². The van der Waals surface area contributed by atoms with Gasteiger partial charge in [-0.15, -0.1) is 11.3 Å². The molecule has 0 N–H and O–H groups in total. The van der Waals surface area contributed by atoms with E-state index in [1.165, 1.54) is 11.8 Å². The van der Waals surface area contributed by atoms with Gasteiger partial charge in [-0.3, -0.25) is 4.79 Å². The molecule has 2 aromatic heterocycles. The number of aryl methyl sites for hydroxylation is 2. The number of thiophene rings is 1. The Hall–Kier alpha value is -1.36. The van der Waals surface area contributed by atoms with E-state index in [4.69, 9.17) is 0 Å². The molecule has 0 aromatic carbocycles. The van der Waals surface area contributed by atoms with E-state index in [-0.39, 0.29) is 11.7 Å². The number of amides is 1. The topological polar surface area (TPSA) is 57.0 Å². The van der Waals surface area contributed by atoms with Gasteiger partial charge < -0.3 is 4.90 Å². The zero-order valence-corrected chi connectivity index (χ0v) is 17.0. The second kappa shape index (κ2) is 8.65. The third-order valence-electron chi connectivity index (χ3n) is 3.47. The summed E-state index contributed by atoms with van der Waals surface area (Å²) in [4.78, 5) is 19.9. The Morgan fingerprint density at radius 1 is 1.46 bits per heavy atom. The molecule has 0 unspecified atom stereocenters. The van der Waals surface area contributed by atoms with Crippen LogP contribution in [0.15, 0.2) is 27.0 Å². The number of carbonyl (C=O) groups is 1. The van der Waals surface area contributed by atoms with Gasteiger partial charge in [0, 0.05) is 17.1 Å². The minimum Gasteiger partial charge on any atom is -0.337 e. The molecule has 2 aromatic rings. The summed E-state index contributed by atoms with van der Waals surface area (Å²) < 4.78 is 1.06. The maximum absolute atomic E-state index is 12.5. The van der Waals surface area contributed by atoms with Gasteiger partial charge >= 0.3 is 0 Å². The number of pyridine rings is 1. The largest absolute Gasteiger partial charge is 0.337 e. The fourth-order valence-corrected chi connectivity index (χ4v) is 4.77. The van der Waals surface area contributed by atoms with Crippen LogP contribution in [0.25, 0.3) is 0 Å². The summed E-state index contributed by atoms with van der Waals surface area (Å²) in [6.45, 7) is 7.03. The summed E-state index contributed by atoms with van der Waals surface area (Å²) in [7, 11) is 0. The lowest BCUT2D eigenvalue weighted by Crippen LogP contribution is -2.31. The first-order valence-electron chi connectivity index (χ1n) is 7.47. The molecule has 0 aliphatic rings. The maximum Gasteiger partial charge on any atom is 0.233 e. The Balaban J connectivity index is 2.05. The third kappa shape index (κ3) is 4.82. The number of nitrogens with zero attached hydrogens (tertiary/aromatic N) is 3. The molecular weight excluding hydrogens is 406 g/mol. The lowest BCUT2D eigenvalue weighted by Gasteiger charge is -2.20. The molecule has 0 radical (unpaired) electrons. The van der Waals surface area contributed by atoms with Crippen LogP contribution in [-0.2, 0) is 11.3 Å². The average molecular weight is 424 g/mol. The maximum atomic E-state index is 12.5. The van der Waals surface area contributed by atoms with Crippen molar-refractivity contribution in [2.24, 2.45) is 0 Å². The quantitative estimate of drug-likeness (QED) is 0.640. The zero-order valence-electron chi connectivity index (χ0n) is 13.8. The Labute approximate surface area is 159 Å². The van der Waals surface area contributed by atoms with Crippen molar-refractivity contribution in [1.29, 1.82) is 5.26 Å². The van der Waals surface area contributed by atoms with Gasteiger partial charge in [0.25, 0.3) is 0 Å². The number of nitriles is 1. The molecule has 2 rings (SSSR count). The smallest absolute Gasteiger partial charge is 0.233 e. The highest BCUT2D eigenvalue weighted by atomic mass is 79.9. The molecule has 1 amide bonds. The number of halogens is 1. The molecule has 0 bridgehead atoms. The number of thioether (sulfide) groups is 1. The van der Waals surface area contributed by atoms with Crippen molar-refractivity contribution < 1.29 is 4.79 Å². The van der Waals surface area contributed by atoms with Gasteiger partial charge in [-0.1, -0.05) is 11.8 Å². The van der Waals surface area contributed by atoms with Crippen molar-refractivity contribution in [3.63, 3.8) is 0 Å². The summed E-state index contributed by atoms with van der Waals surface area (Å²) in [5.41, 5.74) is 2.32. The number of rotatable bonds is 6. The number of aromatic nitrogens is 1. The molecule has 2 heterocycles. The first kappa shape index (κ1) is 19.0. The van der Waals surface area contributed by atoms with E-state index in [1.54, 1.807) is 11.3 Å². The zero-order chi connectivity index (χ0) is 17.7. The van der Waals surface area contributed by atoms with E-state index in [0.29, 0.717) is 23.7 Å². The highest BCUT2D eigenvalue weighted by Gasteiger charge is 2.16. The van der Waals surface area contributed by atoms with Gasteiger partial charge in [-0.25, -0.2) is 4.98 Å². The monoisotopic (exact) mass is 423 g/mol. The molecule has 0 spiro atoms. The van der Waals surface area contributed by atoms with Crippen LogP contribution in [0.3, 0.4) is 0 Å². The van der Waals surface area contributed by atoms with E-state index in [0.717, 1.165) is 19.9 Å². The number of hydrogen-bond acceptors (Lipinski definition) is 5. The fourth-order valence-electron chi connectivity index (χ4n) is 2.27. The Morgan fingerprint density at radius 3 is 2.79 bits per heavy atom. The highest BCUT2D eigenvalue weighted by molar-refractivity contribution is 9.11. The highest BCUT2D eigenvalue weighted by Crippen LogP contribution is 2.26. The molecule has 0 aliphatic carbocycles. The van der Waals surface area contributed by atoms with Crippen LogP contribution in [0.5, 0.6) is 0 Å². The Kier molecular flexibility index (Phi) is 6.84. The molecular formula is C17H18BrN3OS2. The average Bonchev–Trinajstić information content (AvgIpc) is 2.95. The van der Waals surface area contributed by atoms with Crippen molar-refractivity contribution in [3.05, 3.63) is 43.7 Å². The molecule has 24 heavy (non-hydrogen) atoms. The van der Waals surface area contributed by atoms with Gasteiger partial charge in [0.05, 0.1) is 21.6 Å². The Bertz CT molecular complexity index is 783. The predicted molar refractivity (Wildman–Crippen MR) is 102 cm³/mol. The van der Waals surface area contributed by atoms with Gasteiger partial charge in [-0.2, -0.15) is 5.26 Å². The van der Waals surface area contributed by atoms with Crippen LogP contribution in [-0.4, -0.2) is 28.1 Å². The van der Waals surface area contributed by atoms with Crippen molar-refractivity contribution >= 4 is 44.9 Å². The number of carbonyl (C=O) groups excluding carboxylic acids is 1. The van der Waals surface area contributed by atoms with E-state index in [2.05, 4.69) is 27.0 Å². The van der Waals surface area contributed by atoms with E-state index in [1.807, 2.05) is 43.9 Å². The first-order chi connectivity index (χ1) is 11.4. The van der Waals surface area contributed by atoms with E-state index < -0.39 is 0 Å². The molecule has 0 saturated heterocycles. The summed E-state index contributed by atoms with van der Waals surface area (Å²) >= 11 is 6.41. The third-order valence-corrected chi connectivity index (χ3v) is 6.03. The summed E-state index contributed by atoms with van der Waals surface area (Å²) in [6, 6.07) is 8.09. The van der Waals surface area contributed by atoms with Crippen LogP contribution in [0, 0.1) is 25.2 Å². The molecule has 126 valence electrons. The van der Waals surface area contributed by atoms with Crippen molar-refractivity contribution in [2.45, 2.75) is 32.3 Å². The first-order valence-corrected chi connectivity index (χ1v) is 10.1. The van der Waals surface area contributed by atoms with Crippen LogP contribution in [0.4, 0.5) is 0 Å². The second-order valence-electron chi connectivity index (χ2n) is 5.27. The lowest BCUT2D eigenvalue weighted by molar-refractivity contribution is -0.128. The van der Waals surface area contributed by atoms with Gasteiger partial charge in [0.15, 0.2) is 0 Å². The molecule has 0 aliphatic heterocycles. The minimum absolute atomic E-state index is 0.0527. The number of hydrogen-bond donors (Lipinski definition) is 0. The molecule has 0 atom stereocenters. The van der Waals surface area contributed by atoms with Crippen molar-refractivity contribution in [3.8, 4) is 6.07 Å². The van der Waals surface area contributed by atoms with Crippen LogP contribution in [0.1, 0.15) is 28.6 Å². The van der Waals surface area contributed by atoms with Crippen LogP contribution < -0.4 is 0 Å². The predicted octanol–water partition coefficient (Wildman–Crippen LogP) is 4.53. The van der Waals surface area contributed by atoms with E-state index in [9.17, 15) is 10.1 Å². The lowest BCUT2D eigenvalue weighted by atomic mass is 10.1. The minimum atomic E-state index is 0.0527. The van der Waals surface area contributed by atoms with Crippen LogP contribution in [0.2, 0.25) is 0 Å². The Morgan fingerprint density at radius 2 is 2.21 bits per heavy atom. The van der Waals surface area contributed by atoms with Crippen molar-refractivity contribution in [1.82, 2.24) is 9.88 Å². The molecule has 7 heteroatoms. The fraction of sp³-hybridized carbons (Fsp3) is 0.353. The van der Waals surface area contributed by atoms with E-state index >= 15 is 0 Å². The summed E-state index contributed by atoms with van der Waals surface area (Å²) in [6.07, 6.45) is 0. The van der Waals surface area contributed by atoms with Crippen LogP contribution >= 0.6 is 39.0 Å². The molecule has 0 fully saturated rings. The van der Waals surface area contributed by atoms with Crippen molar-refractivity contribution in [2.75, 3.05) is 12.3 Å². The molecule has 4 nitrogen and oxygen atoms in total. The summed E-state index contributed by atoms with van der Waals surface area (Å²) in [5.74, 6) is 0.335.